The number of fused-ring (bicyclic) bond motifs is 1. The lowest BCUT2D eigenvalue weighted by atomic mass is 10.0. The molecule has 5 nitrogen and oxygen atoms in total. The Hall–Kier alpha value is -2.66. The van der Waals surface area contributed by atoms with E-state index in [9.17, 15) is 4.79 Å². The number of hydrogen-bond donors (Lipinski definition) is 1. The number of halogens is 1. The van der Waals surface area contributed by atoms with Crippen molar-refractivity contribution in [2.45, 2.75) is 19.4 Å². The van der Waals surface area contributed by atoms with E-state index in [2.05, 4.69) is 5.32 Å². The van der Waals surface area contributed by atoms with Crippen LogP contribution in [0, 0.1) is 0 Å². The van der Waals surface area contributed by atoms with Gasteiger partial charge in [0.25, 0.3) is 0 Å². The van der Waals surface area contributed by atoms with Crippen molar-refractivity contribution in [3.05, 3.63) is 58.6 Å². The average Bonchev–Trinajstić information content (AvgIpc) is 2.67. The maximum atomic E-state index is 12.4. The Morgan fingerprint density at radius 1 is 1.37 bits per heavy atom. The number of benzene rings is 2. The van der Waals surface area contributed by atoms with Crippen molar-refractivity contribution in [2.75, 3.05) is 20.3 Å². The minimum Gasteiger partial charge on any atom is -0.493 e. The maximum absolute atomic E-state index is 12.4. The first-order chi connectivity index (χ1) is 13.1. The molecule has 0 aliphatic carbocycles. The van der Waals surface area contributed by atoms with Crippen LogP contribution in [-0.4, -0.2) is 26.2 Å². The standard InChI is InChI=1S/C21H22ClNO4/c1-3-26-19-13-14(12-16(22)21(19)25-2)8-9-20(24)23-17-10-11-27-18-7-5-4-6-15(17)18/h4-9,12-13,17H,3,10-11H2,1-2H3,(H,23,24)/b9-8+/t17-/m1/s1. The van der Waals surface area contributed by atoms with Crippen LogP contribution in [0.2, 0.25) is 5.02 Å². The summed E-state index contributed by atoms with van der Waals surface area (Å²) >= 11 is 6.24. The van der Waals surface area contributed by atoms with Gasteiger partial charge in [-0.15, -0.1) is 0 Å². The molecular formula is C21H22ClNO4. The van der Waals surface area contributed by atoms with Crippen LogP contribution in [0.25, 0.3) is 6.08 Å². The SMILES string of the molecule is CCOc1cc(/C=C/C(=O)N[C@@H]2CCOc3ccccc32)cc(Cl)c1OC. The first-order valence-electron chi connectivity index (χ1n) is 8.83. The van der Waals surface area contributed by atoms with Crippen LogP contribution >= 0.6 is 11.6 Å². The molecule has 0 fully saturated rings. The molecule has 0 spiro atoms. The van der Waals surface area contributed by atoms with E-state index in [0.29, 0.717) is 29.7 Å². The van der Waals surface area contributed by atoms with Crippen molar-refractivity contribution in [2.24, 2.45) is 0 Å². The third-order valence-corrected chi connectivity index (χ3v) is 4.52. The molecule has 0 saturated carbocycles. The highest BCUT2D eigenvalue weighted by molar-refractivity contribution is 6.32. The number of methoxy groups -OCH3 is 1. The first kappa shape index (κ1) is 19.1. The van der Waals surface area contributed by atoms with E-state index in [0.717, 1.165) is 23.3 Å². The fourth-order valence-electron chi connectivity index (χ4n) is 3.03. The molecule has 0 bridgehead atoms. The molecule has 3 rings (SSSR count). The van der Waals surface area contributed by atoms with Crippen molar-refractivity contribution >= 4 is 23.6 Å². The van der Waals surface area contributed by atoms with Gasteiger partial charge in [-0.3, -0.25) is 4.79 Å². The highest BCUT2D eigenvalue weighted by Crippen LogP contribution is 2.36. The number of hydrogen-bond acceptors (Lipinski definition) is 4. The van der Waals surface area contributed by atoms with Gasteiger partial charge in [-0.1, -0.05) is 29.8 Å². The number of carbonyl (C=O) groups is 1. The van der Waals surface area contributed by atoms with Gasteiger partial charge < -0.3 is 19.5 Å². The minimum atomic E-state index is -0.179. The third kappa shape index (κ3) is 4.55. The summed E-state index contributed by atoms with van der Waals surface area (Å²) in [5.74, 6) is 1.67. The second-order valence-corrected chi connectivity index (χ2v) is 6.44. The Labute approximate surface area is 163 Å². The van der Waals surface area contributed by atoms with Crippen molar-refractivity contribution < 1.29 is 19.0 Å². The van der Waals surface area contributed by atoms with Gasteiger partial charge in [0, 0.05) is 18.1 Å². The van der Waals surface area contributed by atoms with Crippen LogP contribution in [-0.2, 0) is 4.79 Å². The molecule has 0 unspecified atom stereocenters. The molecule has 27 heavy (non-hydrogen) atoms. The van der Waals surface area contributed by atoms with Gasteiger partial charge in [-0.25, -0.2) is 0 Å². The first-order valence-corrected chi connectivity index (χ1v) is 9.20. The molecule has 142 valence electrons. The van der Waals surface area contributed by atoms with Crippen LogP contribution in [0.15, 0.2) is 42.5 Å². The molecule has 1 aliphatic heterocycles. The van der Waals surface area contributed by atoms with E-state index >= 15 is 0 Å². The van der Waals surface area contributed by atoms with Gasteiger partial charge >= 0.3 is 0 Å². The van der Waals surface area contributed by atoms with Crippen LogP contribution in [0.1, 0.15) is 30.5 Å². The molecule has 0 radical (unpaired) electrons. The summed E-state index contributed by atoms with van der Waals surface area (Å²) in [7, 11) is 1.54. The monoisotopic (exact) mass is 387 g/mol. The van der Waals surface area contributed by atoms with E-state index in [1.807, 2.05) is 31.2 Å². The van der Waals surface area contributed by atoms with E-state index in [4.69, 9.17) is 25.8 Å². The predicted molar refractivity (Wildman–Crippen MR) is 106 cm³/mol. The molecule has 6 heteroatoms. The van der Waals surface area contributed by atoms with Gasteiger partial charge in [0.15, 0.2) is 11.5 Å². The molecular weight excluding hydrogens is 366 g/mol. The summed E-state index contributed by atoms with van der Waals surface area (Å²) < 4.78 is 16.5. The highest BCUT2D eigenvalue weighted by atomic mass is 35.5. The molecule has 1 amide bonds. The lowest BCUT2D eigenvalue weighted by Crippen LogP contribution is -2.30. The molecule has 0 saturated heterocycles. The molecule has 1 aliphatic rings. The summed E-state index contributed by atoms with van der Waals surface area (Å²) in [6, 6.07) is 11.2. The highest BCUT2D eigenvalue weighted by Gasteiger charge is 2.21. The summed E-state index contributed by atoms with van der Waals surface area (Å²) in [6.45, 7) is 2.95. The largest absolute Gasteiger partial charge is 0.493 e. The number of rotatable bonds is 6. The molecule has 2 aromatic carbocycles. The Bertz CT molecular complexity index is 850. The van der Waals surface area contributed by atoms with Gasteiger partial charge in [0.1, 0.15) is 5.75 Å². The quantitative estimate of drug-likeness (QED) is 0.746. The van der Waals surface area contributed by atoms with Gasteiger partial charge in [-0.05, 0) is 36.8 Å². The van der Waals surface area contributed by atoms with Crippen LogP contribution in [0.4, 0.5) is 0 Å². The normalized spacial score (nSPS) is 15.7. The van der Waals surface area contributed by atoms with Gasteiger partial charge in [-0.2, -0.15) is 0 Å². The molecule has 1 heterocycles. The zero-order valence-electron chi connectivity index (χ0n) is 15.3. The minimum absolute atomic E-state index is 0.0643. The Morgan fingerprint density at radius 3 is 2.96 bits per heavy atom. The van der Waals surface area contributed by atoms with E-state index in [1.54, 1.807) is 25.3 Å². The summed E-state index contributed by atoms with van der Waals surface area (Å²) in [5.41, 5.74) is 1.75. The average molecular weight is 388 g/mol. The smallest absolute Gasteiger partial charge is 0.244 e. The zero-order valence-corrected chi connectivity index (χ0v) is 16.1. The van der Waals surface area contributed by atoms with Crippen molar-refractivity contribution in [3.8, 4) is 17.2 Å². The number of amides is 1. The lowest BCUT2D eigenvalue weighted by Gasteiger charge is -2.26. The Balaban J connectivity index is 1.72. The summed E-state index contributed by atoms with van der Waals surface area (Å²) in [4.78, 5) is 12.4. The Kier molecular flexibility index (Phi) is 6.24. The van der Waals surface area contributed by atoms with Crippen molar-refractivity contribution in [1.82, 2.24) is 5.32 Å². The van der Waals surface area contributed by atoms with Crippen LogP contribution in [0.5, 0.6) is 17.2 Å². The second-order valence-electron chi connectivity index (χ2n) is 6.04. The molecule has 0 aromatic heterocycles. The summed E-state index contributed by atoms with van der Waals surface area (Å²) in [6.07, 6.45) is 3.93. The van der Waals surface area contributed by atoms with Crippen LogP contribution < -0.4 is 19.5 Å². The van der Waals surface area contributed by atoms with E-state index in [1.165, 1.54) is 6.08 Å². The number of nitrogens with one attached hydrogen (secondary N) is 1. The van der Waals surface area contributed by atoms with Crippen LogP contribution in [0.3, 0.4) is 0 Å². The van der Waals surface area contributed by atoms with Gasteiger partial charge in [0.05, 0.1) is 31.4 Å². The van der Waals surface area contributed by atoms with E-state index in [-0.39, 0.29) is 11.9 Å². The van der Waals surface area contributed by atoms with E-state index < -0.39 is 0 Å². The molecule has 2 aromatic rings. The second kappa shape index (κ2) is 8.82. The fraction of sp³-hybridized carbons (Fsp3) is 0.286. The molecule has 1 atom stereocenters. The number of ether oxygens (including phenoxy) is 3. The van der Waals surface area contributed by atoms with Crippen molar-refractivity contribution in [3.63, 3.8) is 0 Å². The zero-order chi connectivity index (χ0) is 19.2. The third-order valence-electron chi connectivity index (χ3n) is 4.24. The number of para-hydroxylation sites is 1. The fourth-order valence-corrected chi connectivity index (χ4v) is 3.33. The Morgan fingerprint density at radius 2 is 2.19 bits per heavy atom. The van der Waals surface area contributed by atoms with Gasteiger partial charge in [0.2, 0.25) is 5.91 Å². The summed E-state index contributed by atoms with van der Waals surface area (Å²) in [5, 5.41) is 3.46. The van der Waals surface area contributed by atoms with Crippen molar-refractivity contribution in [1.29, 1.82) is 0 Å². The molecule has 1 N–H and O–H groups in total. The topological polar surface area (TPSA) is 56.8 Å². The number of carbonyl (C=O) groups excluding carboxylic acids is 1. The lowest BCUT2D eigenvalue weighted by molar-refractivity contribution is -0.117. The predicted octanol–water partition coefficient (Wildman–Crippen LogP) is 4.40. The maximum Gasteiger partial charge on any atom is 0.244 e.